The average molecular weight is 423 g/mol. The summed E-state index contributed by atoms with van der Waals surface area (Å²) in [6.45, 7) is 3.50. The second-order valence-electron chi connectivity index (χ2n) is 6.38. The van der Waals surface area contributed by atoms with Crippen LogP contribution in [0.4, 0.5) is 0 Å². The lowest BCUT2D eigenvalue weighted by atomic mass is 10.0. The van der Waals surface area contributed by atoms with Gasteiger partial charge in [-0.25, -0.2) is 4.79 Å². The Hall–Kier alpha value is -1.46. The third kappa shape index (κ3) is 10.5. The van der Waals surface area contributed by atoms with E-state index < -0.39 is 41.8 Å². The fourth-order valence-corrected chi connectivity index (χ4v) is 2.91. The molecule has 27 heavy (non-hydrogen) atoms. The molecule has 0 radical (unpaired) electrons. The molecule has 0 rings (SSSR count). The number of thiol groups is 1. The average Bonchev–Trinajstić information content (AvgIpc) is 2.61. The van der Waals surface area contributed by atoms with Crippen LogP contribution in [0, 0.1) is 5.92 Å². The molecule has 3 atom stereocenters. The van der Waals surface area contributed by atoms with Crippen molar-refractivity contribution in [3.05, 3.63) is 0 Å². The fraction of sp³-hybridized carbons (Fsp3) is 0.750. The number of carbonyl (C=O) groups is 4. The number of nitrogens with one attached hydrogen (secondary N) is 3. The maximum Gasteiger partial charge on any atom is 0.327 e. The van der Waals surface area contributed by atoms with Gasteiger partial charge in [-0.3, -0.25) is 14.4 Å². The maximum atomic E-state index is 12.6. The Labute approximate surface area is 169 Å². The van der Waals surface area contributed by atoms with Crippen LogP contribution in [0.5, 0.6) is 0 Å². The van der Waals surface area contributed by atoms with Crippen molar-refractivity contribution in [3.8, 4) is 0 Å². The number of nitrogens with two attached hydrogens (primary N) is 1. The zero-order valence-corrected chi connectivity index (χ0v) is 17.6. The fourth-order valence-electron chi connectivity index (χ4n) is 2.19. The van der Waals surface area contributed by atoms with Crippen LogP contribution in [0.15, 0.2) is 0 Å². The summed E-state index contributed by atoms with van der Waals surface area (Å²) in [5, 5.41) is 16.6. The van der Waals surface area contributed by atoms with Crippen LogP contribution in [0.1, 0.15) is 26.7 Å². The topological polar surface area (TPSA) is 151 Å². The Morgan fingerprint density at radius 3 is 2.04 bits per heavy atom. The summed E-state index contributed by atoms with van der Waals surface area (Å²) in [5.74, 6) is -2.17. The number of aliphatic carboxylic acids is 1. The van der Waals surface area contributed by atoms with E-state index in [1.807, 2.05) is 20.1 Å². The van der Waals surface area contributed by atoms with Gasteiger partial charge in [-0.2, -0.15) is 24.4 Å². The third-order valence-electron chi connectivity index (χ3n) is 3.59. The highest BCUT2D eigenvalue weighted by Gasteiger charge is 2.29. The highest BCUT2D eigenvalue weighted by atomic mass is 32.2. The Morgan fingerprint density at radius 2 is 1.59 bits per heavy atom. The first-order valence-electron chi connectivity index (χ1n) is 8.58. The molecule has 0 aromatic heterocycles. The number of hydrogen-bond acceptors (Lipinski definition) is 7. The van der Waals surface area contributed by atoms with Gasteiger partial charge in [0.25, 0.3) is 0 Å². The Kier molecular flexibility index (Phi) is 12.9. The molecule has 0 aliphatic heterocycles. The van der Waals surface area contributed by atoms with E-state index in [9.17, 15) is 19.2 Å². The second kappa shape index (κ2) is 13.7. The molecule has 0 fully saturated rings. The SMILES string of the molecule is CSCCC(NC(=O)CN)C(=O)NC(CC(C)C)C(=O)NC(CS)C(=O)O. The second-order valence-corrected chi connectivity index (χ2v) is 7.73. The number of amides is 3. The molecule has 0 spiro atoms. The molecule has 156 valence electrons. The molecule has 3 amide bonds. The van der Waals surface area contributed by atoms with E-state index in [2.05, 4.69) is 28.6 Å². The van der Waals surface area contributed by atoms with Crippen LogP contribution in [0.2, 0.25) is 0 Å². The summed E-state index contributed by atoms with van der Waals surface area (Å²) in [6, 6.07) is -2.90. The van der Waals surface area contributed by atoms with E-state index in [-0.39, 0.29) is 18.2 Å². The third-order valence-corrected chi connectivity index (χ3v) is 4.59. The predicted molar refractivity (Wildman–Crippen MR) is 109 cm³/mol. The van der Waals surface area contributed by atoms with E-state index in [0.29, 0.717) is 18.6 Å². The van der Waals surface area contributed by atoms with Crippen LogP contribution in [-0.4, -0.2) is 71.2 Å². The smallest absolute Gasteiger partial charge is 0.327 e. The number of carboxylic acid groups (broad SMARTS) is 1. The number of rotatable bonds is 13. The first-order chi connectivity index (χ1) is 12.7. The van der Waals surface area contributed by atoms with Crippen molar-refractivity contribution >= 4 is 48.1 Å². The lowest BCUT2D eigenvalue weighted by Gasteiger charge is -2.25. The van der Waals surface area contributed by atoms with Gasteiger partial charge in [0.05, 0.1) is 6.54 Å². The Balaban J connectivity index is 5.20. The van der Waals surface area contributed by atoms with Crippen LogP contribution >= 0.6 is 24.4 Å². The van der Waals surface area contributed by atoms with Crippen LogP contribution < -0.4 is 21.7 Å². The maximum absolute atomic E-state index is 12.6. The minimum Gasteiger partial charge on any atom is -0.480 e. The van der Waals surface area contributed by atoms with Gasteiger partial charge in [0.1, 0.15) is 18.1 Å². The van der Waals surface area contributed by atoms with Crippen LogP contribution in [0.3, 0.4) is 0 Å². The lowest BCUT2D eigenvalue weighted by molar-refractivity contribution is -0.141. The van der Waals surface area contributed by atoms with E-state index in [4.69, 9.17) is 10.8 Å². The summed E-state index contributed by atoms with van der Waals surface area (Å²) >= 11 is 5.43. The quantitative estimate of drug-likeness (QED) is 0.213. The minimum absolute atomic E-state index is 0.0728. The number of thioether (sulfide) groups is 1. The first kappa shape index (κ1) is 25.5. The predicted octanol–water partition coefficient (Wildman–Crippen LogP) is -0.787. The molecular formula is C16H30N4O5S2. The van der Waals surface area contributed by atoms with Crippen molar-refractivity contribution in [1.29, 1.82) is 0 Å². The van der Waals surface area contributed by atoms with E-state index in [1.54, 1.807) is 0 Å². The van der Waals surface area contributed by atoms with Gasteiger partial charge in [-0.1, -0.05) is 13.8 Å². The molecule has 0 saturated carbocycles. The molecule has 9 nitrogen and oxygen atoms in total. The van der Waals surface area contributed by atoms with Gasteiger partial charge in [0.15, 0.2) is 0 Å². The Bertz CT molecular complexity index is 519. The van der Waals surface area contributed by atoms with Gasteiger partial charge >= 0.3 is 5.97 Å². The molecule has 6 N–H and O–H groups in total. The molecule has 3 unspecified atom stereocenters. The van der Waals surface area contributed by atoms with Gasteiger partial charge in [0, 0.05) is 5.75 Å². The standard InChI is InChI=1S/C16H30N4O5S2/c1-9(2)6-11(15(23)20-12(8-26)16(24)25)19-14(22)10(4-5-27-3)18-13(21)7-17/h9-12,26H,4-8,17H2,1-3H3,(H,18,21)(H,19,22)(H,20,23)(H,24,25). The van der Waals surface area contributed by atoms with Crippen molar-refractivity contribution in [3.63, 3.8) is 0 Å². The molecule has 0 aromatic carbocycles. The molecule has 0 bridgehead atoms. The zero-order valence-electron chi connectivity index (χ0n) is 15.9. The number of carbonyl (C=O) groups excluding carboxylic acids is 3. The van der Waals surface area contributed by atoms with Crippen molar-refractivity contribution < 1.29 is 24.3 Å². The molecule has 0 aromatic rings. The van der Waals surface area contributed by atoms with Gasteiger partial charge in [-0.15, -0.1) is 0 Å². The van der Waals surface area contributed by atoms with Crippen molar-refractivity contribution in [2.24, 2.45) is 11.7 Å². The van der Waals surface area contributed by atoms with Crippen molar-refractivity contribution in [2.45, 2.75) is 44.8 Å². The largest absolute Gasteiger partial charge is 0.480 e. The molecule has 0 heterocycles. The summed E-state index contributed by atoms with van der Waals surface area (Å²) in [5.41, 5.74) is 5.29. The highest BCUT2D eigenvalue weighted by Crippen LogP contribution is 2.08. The van der Waals surface area contributed by atoms with E-state index in [1.165, 1.54) is 11.8 Å². The highest BCUT2D eigenvalue weighted by molar-refractivity contribution is 7.98. The van der Waals surface area contributed by atoms with Crippen molar-refractivity contribution in [2.75, 3.05) is 24.3 Å². The molecule has 0 aliphatic rings. The molecule has 0 saturated heterocycles. The Morgan fingerprint density at radius 1 is 1.04 bits per heavy atom. The number of carboxylic acids is 1. The summed E-state index contributed by atoms with van der Waals surface area (Å²) in [4.78, 5) is 47.7. The number of hydrogen-bond donors (Lipinski definition) is 6. The zero-order chi connectivity index (χ0) is 21.0. The summed E-state index contributed by atoms with van der Waals surface area (Å²) < 4.78 is 0. The minimum atomic E-state index is -1.21. The van der Waals surface area contributed by atoms with E-state index in [0.717, 1.165) is 0 Å². The van der Waals surface area contributed by atoms with Gasteiger partial charge < -0.3 is 26.8 Å². The van der Waals surface area contributed by atoms with Crippen LogP contribution in [-0.2, 0) is 19.2 Å². The van der Waals surface area contributed by atoms with Crippen LogP contribution in [0.25, 0.3) is 0 Å². The van der Waals surface area contributed by atoms with Gasteiger partial charge in [0.2, 0.25) is 17.7 Å². The van der Waals surface area contributed by atoms with E-state index >= 15 is 0 Å². The molecule has 0 aliphatic carbocycles. The van der Waals surface area contributed by atoms with Gasteiger partial charge in [-0.05, 0) is 30.8 Å². The molecular weight excluding hydrogens is 392 g/mol. The summed E-state index contributed by atoms with van der Waals surface area (Å²) in [7, 11) is 0. The lowest BCUT2D eigenvalue weighted by Crippen LogP contribution is -2.56. The normalized spacial score (nSPS) is 14.1. The monoisotopic (exact) mass is 422 g/mol. The first-order valence-corrected chi connectivity index (χ1v) is 10.6. The van der Waals surface area contributed by atoms with Crippen molar-refractivity contribution in [1.82, 2.24) is 16.0 Å². The molecule has 11 heteroatoms. The summed E-state index contributed by atoms with van der Waals surface area (Å²) in [6.07, 6.45) is 2.57.